The molecule has 4 atom stereocenters. The predicted octanol–water partition coefficient (Wildman–Crippen LogP) is 2.51. The molecule has 0 unspecified atom stereocenters. The molecule has 2 aliphatic rings. The quantitative estimate of drug-likeness (QED) is 0.829. The van der Waals surface area contributed by atoms with Crippen LogP contribution in [0.25, 0.3) is 0 Å². The molecule has 1 aromatic carbocycles. The SMILES string of the molecule is CC(C)O[C@@H]1C[C@H](OCc2ccccc2)[C@H]2CO[C@@H]1O2. The van der Waals surface area contributed by atoms with E-state index < -0.39 is 0 Å². The van der Waals surface area contributed by atoms with Crippen LogP contribution in [-0.4, -0.2) is 37.3 Å². The molecule has 0 amide bonds. The van der Waals surface area contributed by atoms with Crippen molar-refractivity contribution in [3.05, 3.63) is 35.9 Å². The summed E-state index contributed by atoms with van der Waals surface area (Å²) in [6.45, 7) is 5.26. The summed E-state index contributed by atoms with van der Waals surface area (Å²) in [6, 6.07) is 10.2. The van der Waals surface area contributed by atoms with E-state index >= 15 is 0 Å². The summed E-state index contributed by atoms with van der Waals surface area (Å²) in [5, 5.41) is 0. The molecule has 0 aliphatic carbocycles. The molecular weight excluding hydrogens is 256 g/mol. The lowest BCUT2D eigenvalue weighted by molar-refractivity contribution is -0.216. The van der Waals surface area contributed by atoms with E-state index in [4.69, 9.17) is 18.9 Å². The third-order valence-electron chi connectivity index (χ3n) is 3.67. The van der Waals surface area contributed by atoms with Crippen LogP contribution < -0.4 is 0 Å². The molecule has 2 aliphatic heterocycles. The molecule has 0 N–H and O–H groups in total. The van der Waals surface area contributed by atoms with Crippen molar-refractivity contribution in [2.45, 2.75) is 57.6 Å². The Labute approximate surface area is 120 Å². The maximum atomic E-state index is 6.03. The van der Waals surface area contributed by atoms with Gasteiger partial charge in [-0.2, -0.15) is 0 Å². The average molecular weight is 278 g/mol. The van der Waals surface area contributed by atoms with Crippen LogP contribution in [0.15, 0.2) is 30.3 Å². The number of benzene rings is 1. The van der Waals surface area contributed by atoms with Crippen molar-refractivity contribution in [1.82, 2.24) is 0 Å². The lowest BCUT2D eigenvalue weighted by Crippen LogP contribution is -2.45. The standard InChI is InChI=1S/C16H22O4/c1-11(2)19-14-8-13(15-10-18-16(14)20-15)17-9-12-6-4-3-5-7-12/h3-7,11,13-16H,8-10H2,1-2H3/t13-,14+,15+,16+/m0/s1. The van der Waals surface area contributed by atoms with Crippen LogP contribution in [-0.2, 0) is 25.6 Å². The molecule has 0 saturated carbocycles. The summed E-state index contributed by atoms with van der Waals surface area (Å²) in [7, 11) is 0. The Kier molecular flexibility index (Phi) is 4.36. The average Bonchev–Trinajstić information content (AvgIpc) is 2.87. The van der Waals surface area contributed by atoms with E-state index in [9.17, 15) is 0 Å². The number of ether oxygens (including phenoxy) is 4. The van der Waals surface area contributed by atoms with E-state index in [0.29, 0.717) is 13.2 Å². The zero-order valence-electron chi connectivity index (χ0n) is 12.0. The Morgan fingerprint density at radius 1 is 1.20 bits per heavy atom. The minimum Gasteiger partial charge on any atom is -0.371 e. The maximum Gasteiger partial charge on any atom is 0.184 e. The first-order chi connectivity index (χ1) is 9.72. The van der Waals surface area contributed by atoms with E-state index in [1.54, 1.807) is 0 Å². The monoisotopic (exact) mass is 278 g/mol. The van der Waals surface area contributed by atoms with Gasteiger partial charge in [-0.05, 0) is 19.4 Å². The van der Waals surface area contributed by atoms with Gasteiger partial charge >= 0.3 is 0 Å². The second-order valence-electron chi connectivity index (χ2n) is 5.67. The van der Waals surface area contributed by atoms with Crippen LogP contribution in [0.1, 0.15) is 25.8 Å². The van der Waals surface area contributed by atoms with E-state index in [0.717, 1.165) is 6.42 Å². The lowest BCUT2D eigenvalue weighted by atomic mass is 10.0. The molecule has 0 radical (unpaired) electrons. The van der Waals surface area contributed by atoms with Gasteiger partial charge in [-0.25, -0.2) is 0 Å². The molecule has 110 valence electrons. The zero-order valence-corrected chi connectivity index (χ0v) is 12.0. The molecule has 0 aromatic heterocycles. The van der Waals surface area contributed by atoms with E-state index in [2.05, 4.69) is 12.1 Å². The highest BCUT2D eigenvalue weighted by molar-refractivity contribution is 5.13. The predicted molar refractivity (Wildman–Crippen MR) is 74.3 cm³/mol. The van der Waals surface area contributed by atoms with Crippen molar-refractivity contribution in [2.24, 2.45) is 0 Å². The van der Waals surface area contributed by atoms with Crippen LogP contribution in [0, 0.1) is 0 Å². The summed E-state index contributed by atoms with van der Waals surface area (Å²) in [5.74, 6) is 0. The van der Waals surface area contributed by atoms with Gasteiger partial charge in [-0.3, -0.25) is 0 Å². The highest BCUT2D eigenvalue weighted by atomic mass is 16.8. The fourth-order valence-corrected chi connectivity index (χ4v) is 2.74. The fraction of sp³-hybridized carbons (Fsp3) is 0.625. The van der Waals surface area contributed by atoms with Crippen LogP contribution in [0.3, 0.4) is 0 Å². The van der Waals surface area contributed by atoms with Crippen molar-refractivity contribution in [3.63, 3.8) is 0 Å². The third-order valence-corrected chi connectivity index (χ3v) is 3.67. The molecule has 0 spiro atoms. The maximum absolute atomic E-state index is 6.03. The Balaban J connectivity index is 1.58. The molecule has 4 nitrogen and oxygen atoms in total. The molecule has 3 rings (SSSR count). The third kappa shape index (κ3) is 3.20. The Hall–Kier alpha value is -0.940. The van der Waals surface area contributed by atoms with Crippen molar-refractivity contribution >= 4 is 0 Å². The van der Waals surface area contributed by atoms with Gasteiger partial charge in [0.25, 0.3) is 0 Å². The van der Waals surface area contributed by atoms with Gasteiger partial charge in [0, 0.05) is 6.42 Å². The summed E-state index contributed by atoms with van der Waals surface area (Å²) >= 11 is 0. The van der Waals surface area contributed by atoms with Gasteiger partial charge in [-0.15, -0.1) is 0 Å². The summed E-state index contributed by atoms with van der Waals surface area (Å²) in [5.41, 5.74) is 1.18. The van der Waals surface area contributed by atoms with E-state index in [1.807, 2.05) is 32.0 Å². The fourth-order valence-electron chi connectivity index (χ4n) is 2.74. The number of hydrogen-bond acceptors (Lipinski definition) is 4. The first-order valence-corrected chi connectivity index (χ1v) is 7.30. The topological polar surface area (TPSA) is 36.9 Å². The second-order valence-corrected chi connectivity index (χ2v) is 5.67. The molecule has 20 heavy (non-hydrogen) atoms. The van der Waals surface area contributed by atoms with Gasteiger partial charge in [0.05, 0.1) is 25.4 Å². The highest BCUT2D eigenvalue weighted by Gasteiger charge is 2.45. The molecule has 2 bridgehead atoms. The molecule has 2 heterocycles. The number of rotatable bonds is 5. The second kappa shape index (κ2) is 6.22. The van der Waals surface area contributed by atoms with Crippen LogP contribution in [0.2, 0.25) is 0 Å². The summed E-state index contributed by atoms with van der Waals surface area (Å²) in [6.07, 6.45) is 0.821. The Bertz CT molecular complexity index is 420. The smallest absolute Gasteiger partial charge is 0.184 e. The van der Waals surface area contributed by atoms with Crippen LogP contribution >= 0.6 is 0 Å². The van der Waals surface area contributed by atoms with Crippen molar-refractivity contribution in [2.75, 3.05) is 6.61 Å². The van der Waals surface area contributed by atoms with Crippen molar-refractivity contribution in [3.8, 4) is 0 Å². The van der Waals surface area contributed by atoms with Gasteiger partial charge in [-0.1, -0.05) is 30.3 Å². The molecule has 1 aromatic rings. The van der Waals surface area contributed by atoms with Crippen LogP contribution in [0.5, 0.6) is 0 Å². The first kappa shape index (κ1) is 14.0. The minimum atomic E-state index is -0.223. The Morgan fingerprint density at radius 2 is 2.00 bits per heavy atom. The molecule has 4 heteroatoms. The minimum absolute atomic E-state index is 0.0328. The Morgan fingerprint density at radius 3 is 2.75 bits per heavy atom. The van der Waals surface area contributed by atoms with E-state index in [-0.39, 0.29) is 30.7 Å². The van der Waals surface area contributed by atoms with Gasteiger partial charge in [0.2, 0.25) is 0 Å². The largest absolute Gasteiger partial charge is 0.371 e. The van der Waals surface area contributed by atoms with Gasteiger partial charge < -0.3 is 18.9 Å². The van der Waals surface area contributed by atoms with Crippen molar-refractivity contribution < 1.29 is 18.9 Å². The van der Waals surface area contributed by atoms with Gasteiger partial charge in [0.1, 0.15) is 12.2 Å². The lowest BCUT2D eigenvalue weighted by Gasteiger charge is -2.34. The van der Waals surface area contributed by atoms with Crippen molar-refractivity contribution in [1.29, 1.82) is 0 Å². The molecule has 2 fully saturated rings. The summed E-state index contributed by atoms with van der Waals surface area (Å²) in [4.78, 5) is 0. The first-order valence-electron chi connectivity index (χ1n) is 7.30. The number of hydrogen-bond donors (Lipinski definition) is 0. The number of fused-ring (bicyclic) bond motifs is 2. The normalized spacial score (nSPS) is 32.8. The molecule has 2 saturated heterocycles. The van der Waals surface area contributed by atoms with Gasteiger partial charge in [0.15, 0.2) is 6.29 Å². The van der Waals surface area contributed by atoms with E-state index in [1.165, 1.54) is 5.56 Å². The summed E-state index contributed by atoms with van der Waals surface area (Å²) < 4.78 is 23.4. The van der Waals surface area contributed by atoms with Crippen LogP contribution in [0.4, 0.5) is 0 Å². The highest BCUT2D eigenvalue weighted by Crippen LogP contribution is 2.32. The molecular formula is C16H22O4. The zero-order chi connectivity index (χ0) is 13.9.